The minimum Gasteiger partial charge on any atom is -0.480 e. The second-order valence-corrected chi connectivity index (χ2v) is 9.01. The molecule has 6 heteroatoms. The highest BCUT2D eigenvalue weighted by Gasteiger charge is 2.30. The maximum atomic E-state index is 12.6. The summed E-state index contributed by atoms with van der Waals surface area (Å²) >= 11 is 1.58. The molecule has 1 aliphatic carbocycles. The molecule has 170 valence electrons. The SMILES string of the molecule is O=C(NC(Cc1ccccc1-c1ccsc1)C(=O)O)OCC1c2ccccc2-c2ccccc21. The van der Waals surface area contributed by atoms with Gasteiger partial charge in [0.25, 0.3) is 0 Å². The Kier molecular flexibility index (Phi) is 6.14. The molecule has 1 amide bonds. The van der Waals surface area contributed by atoms with Crippen LogP contribution in [-0.4, -0.2) is 29.8 Å². The van der Waals surface area contributed by atoms with E-state index in [1.54, 1.807) is 11.3 Å². The van der Waals surface area contributed by atoms with E-state index in [0.717, 1.165) is 38.9 Å². The number of rotatable bonds is 7. The summed E-state index contributed by atoms with van der Waals surface area (Å²) in [5, 5.41) is 16.3. The van der Waals surface area contributed by atoms with Crippen molar-refractivity contribution in [3.8, 4) is 22.3 Å². The summed E-state index contributed by atoms with van der Waals surface area (Å²) in [6.07, 6.45) is -0.576. The van der Waals surface area contributed by atoms with Crippen LogP contribution in [0.15, 0.2) is 89.6 Å². The number of fused-ring (bicyclic) bond motifs is 3. The van der Waals surface area contributed by atoms with Gasteiger partial charge in [0.1, 0.15) is 12.6 Å². The Morgan fingerprint density at radius 3 is 2.12 bits per heavy atom. The van der Waals surface area contributed by atoms with Crippen molar-refractivity contribution in [2.75, 3.05) is 6.61 Å². The first-order valence-corrected chi connectivity index (χ1v) is 12.0. The van der Waals surface area contributed by atoms with Crippen LogP contribution in [0.5, 0.6) is 0 Å². The van der Waals surface area contributed by atoms with Crippen LogP contribution in [0.2, 0.25) is 0 Å². The van der Waals surface area contributed by atoms with E-state index in [0.29, 0.717) is 0 Å². The van der Waals surface area contributed by atoms with Gasteiger partial charge in [0, 0.05) is 12.3 Å². The number of carboxylic acid groups (broad SMARTS) is 1. The normalized spacial score (nSPS) is 13.1. The summed E-state index contributed by atoms with van der Waals surface area (Å²) in [6.45, 7) is 0.137. The van der Waals surface area contributed by atoms with Crippen molar-refractivity contribution in [2.24, 2.45) is 0 Å². The number of thiophene rings is 1. The van der Waals surface area contributed by atoms with E-state index in [2.05, 4.69) is 17.4 Å². The molecule has 3 aromatic carbocycles. The van der Waals surface area contributed by atoms with E-state index in [-0.39, 0.29) is 18.9 Å². The summed E-state index contributed by atoms with van der Waals surface area (Å²) in [4.78, 5) is 24.6. The van der Waals surface area contributed by atoms with E-state index >= 15 is 0 Å². The van der Waals surface area contributed by atoms with Crippen molar-refractivity contribution < 1.29 is 19.4 Å². The average molecular weight is 470 g/mol. The van der Waals surface area contributed by atoms with Gasteiger partial charge in [-0.15, -0.1) is 0 Å². The van der Waals surface area contributed by atoms with Crippen LogP contribution in [0.4, 0.5) is 4.79 Å². The van der Waals surface area contributed by atoms with E-state index < -0.39 is 18.1 Å². The highest BCUT2D eigenvalue weighted by atomic mass is 32.1. The number of alkyl carbamates (subject to hydrolysis) is 1. The molecular formula is C28H23NO4S. The molecule has 2 N–H and O–H groups in total. The molecule has 1 unspecified atom stereocenters. The van der Waals surface area contributed by atoms with Crippen LogP contribution in [0.3, 0.4) is 0 Å². The maximum Gasteiger partial charge on any atom is 0.407 e. The van der Waals surface area contributed by atoms with E-state index in [4.69, 9.17) is 4.74 Å². The Morgan fingerprint density at radius 2 is 1.50 bits per heavy atom. The zero-order chi connectivity index (χ0) is 23.5. The fourth-order valence-electron chi connectivity index (χ4n) is 4.60. The molecule has 0 saturated heterocycles. The van der Waals surface area contributed by atoms with Gasteiger partial charge < -0.3 is 15.2 Å². The zero-order valence-electron chi connectivity index (χ0n) is 18.3. The third kappa shape index (κ3) is 4.32. The molecule has 4 aromatic rings. The van der Waals surface area contributed by atoms with Crippen molar-refractivity contribution in [1.29, 1.82) is 0 Å². The number of amides is 1. The summed E-state index contributed by atoms with van der Waals surface area (Å²) in [7, 11) is 0. The summed E-state index contributed by atoms with van der Waals surface area (Å²) < 4.78 is 5.55. The number of hydrogen-bond acceptors (Lipinski definition) is 4. The van der Waals surface area contributed by atoms with Gasteiger partial charge in [-0.05, 0) is 55.8 Å². The number of ether oxygens (including phenoxy) is 1. The van der Waals surface area contributed by atoms with Crippen molar-refractivity contribution in [2.45, 2.75) is 18.4 Å². The maximum absolute atomic E-state index is 12.6. The van der Waals surface area contributed by atoms with Crippen LogP contribution < -0.4 is 5.32 Å². The molecule has 0 saturated carbocycles. The molecule has 1 heterocycles. The first kappa shape index (κ1) is 21.9. The van der Waals surface area contributed by atoms with Crippen LogP contribution in [0.1, 0.15) is 22.6 Å². The molecule has 0 fully saturated rings. The van der Waals surface area contributed by atoms with Gasteiger partial charge >= 0.3 is 12.1 Å². The van der Waals surface area contributed by atoms with Gasteiger partial charge in [-0.3, -0.25) is 0 Å². The average Bonchev–Trinajstić information content (AvgIpc) is 3.49. The number of carbonyl (C=O) groups is 2. The van der Waals surface area contributed by atoms with E-state index in [9.17, 15) is 14.7 Å². The van der Waals surface area contributed by atoms with E-state index in [1.165, 1.54) is 0 Å². The van der Waals surface area contributed by atoms with Crippen molar-refractivity contribution >= 4 is 23.4 Å². The molecule has 1 aromatic heterocycles. The van der Waals surface area contributed by atoms with Crippen LogP contribution >= 0.6 is 11.3 Å². The van der Waals surface area contributed by atoms with Gasteiger partial charge in [0.05, 0.1) is 0 Å². The van der Waals surface area contributed by atoms with E-state index in [1.807, 2.05) is 77.5 Å². The summed E-state index contributed by atoms with van der Waals surface area (Å²) in [5.41, 5.74) is 7.34. The highest BCUT2D eigenvalue weighted by molar-refractivity contribution is 7.08. The lowest BCUT2D eigenvalue weighted by atomic mass is 9.97. The number of carbonyl (C=O) groups excluding carboxylic acids is 1. The smallest absolute Gasteiger partial charge is 0.407 e. The summed E-state index contributed by atoms with van der Waals surface area (Å²) in [6, 6.07) is 24.7. The predicted octanol–water partition coefficient (Wildman–Crippen LogP) is 5.95. The van der Waals surface area contributed by atoms with Crippen molar-refractivity contribution in [3.63, 3.8) is 0 Å². The van der Waals surface area contributed by atoms with Gasteiger partial charge in [0.2, 0.25) is 0 Å². The van der Waals surface area contributed by atoms with Crippen LogP contribution in [0.25, 0.3) is 22.3 Å². The van der Waals surface area contributed by atoms with Crippen molar-refractivity contribution in [3.05, 3.63) is 106 Å². The minimum absolute atomic E-state index is 0.0826. The Balaban J connectivity index is 1.28. The Bertz CT molecular complexity index is 1290. The molecule has 34 heavy (non-hydrogen) atoms. The second kappa shape index (κ2) is 9.53. The Morgan fingerprint density at radius 1 is 0.882 bits per heavy atom. The van der Waals surface area contributed by atoms with Gasteiger partial charge in [-0.2, -0.15) is 11.3 Å². The predicted molar refractivity (Wildman–Crippen MR) is 133 cm³/mol. The van der Waals surface area contributed by atoms with Gasteiger partial charge in [0.15, 0.2) is 0 Å². The quantitative estimate of drug-likeness (QED) is 0.351. The molecule has 5 nitrogen and oxygen atoms in total. The van der Waals surface area contributed by atoms with Crippen LogP contribution in [-0.2, 0) is 16.0 Å². The lowest BCUT2D eigenvalue weighted by Crippen LogP contribution is -2.43. The fraction of sp³-hybridized carbons (Fsp3) is 0.143. The number of benzene rings is 3. The topological polar surface area (TPSA) is 75.6 Å². The number of carboxylic acids is 1. The molecule has 1 aliphatic rings. The third-order valence-corrected chi connectivity index (χ3v) is 6.89. The first-order chi connectivity index (χ1) is 16.6. The van der Waals surface area contributed by atoms with Gasteiger partial charge in [-0.25, -0.2) is 9.59 Å². The Labute approximate surface area is 201 Å². The number of hydrogen-bond donors (Lipinski definition) is 2. The lowest BCUT2D eigenvalue weighted by Gasteiger charge is -2.18. The highest BCUT2D eigenvalue weighted by Crippen LogP contribution is 2.44. The fourth-order valence-corrected chi connectivity index (χ4v) is 5.26. The second-order valence-electron chi connectivity index (χ2n) is 8.23. The minimum atomic E-state index is -1.10. The molecule has 0 aliphatic heterocycles. The summed E-state index contributed by atoms with van der Waals surface area (Å²) in [5.74, 6) is -1.19. The largest absolute Gasteiger partial charge is 0.480 e. The zero-order valence-corrected chi connectivity index (χ0v) is 19.1. The number of aliphatic carboxylic acids is 1. The molecular weight excluding hydrogens is 446 g/mol. The third-order valence-electron chi connectivity index (χ3n) is 6.21. The molecule has 5 rings (SSSR count). The standard InChI is InChI=1S/C28H23NO4S/c30-27(31)26(15-18-7-1-2-8-20(18)19-13-14-34-17-19)29-28(32)33-16-25-23-11-5-3-9-21(23)22-10-4-6-12-24(22)25/h1-14,17,25-26H,15-16H2,(H,29,32)(H,30,31). The Hall–Kier alpha value is -3.90. The van der Waals surface area contributed by atoms with Crippen molar-refractivity contribution in [1.82, 2.24) is 5.32 Å². The first-order valence-electron chi connectivity index (χ1n) is 11.1. The molecule has 0 bridgehead atoms. The lowest BCUT2D eigenvalue weighted by molar-refractivity contribution is -0.139. The molecule has 0 spiro atoms. The monoisotopic (exact) mass is 469 g/mol. The van der Waals surface area contributed by atoms with Crippen LogP contribution in [0, 0.1) is 0 Å². The molecule has 1 atom stereocenters. The van der Waals surface area contributed by atoms with Gasteiger partial charge in [-0.1, -0.05) is 72.8 Å². The number of nitrogens with one attached hydrogen (secondary N) is 1. The molecule has 0 radical (unpaired) electrons.